The van der Waals surface area contributed by atoms with E-state index in [4.69, 9.17) is 0 Å². The Kier molecular flexibility index (Phi) is 11.2. The van der Waals surface area contributed by atoms with Crippen molar-refractivity contribution in [1.29, 1.82) is 0 Å². The molecule has 7 heteroatoms. The number of carbonyl (C=O) groups is 1. The smallest absolute Gasteiger partial charge is 0.223 e. The molecule has 0 bridgehead atoms. The summed E-state index contributed by atoms with van der Waals surface area (Å²) in [6, 6.07) is 8.74. The highest BCUT2D eigenvalue weighted by molar-refractivity contribution is 5.85. The van der Waals surface area contributed by atoms with Gasteiger partial charge in [0.1, 0.15) is 0 Å². The zero-order valence-electron chi connectivity index (χ0n) is 17.2. The number of rotatable bonds is 6. The highest BCUT2D eigenvalue weighted by Gasteiger charge is 2.23. The number of amides is 1. The molecule has 1 N–H and O–H groups in total. The SMILES string of the molecule is CNCC1CCN(C(=O)CCN2CCN(c3cccc(C)c3)CC2)CC1.Cl.Cl. The average molecular weight is 431 g/mol. The third kappa shape index (κ3) is 7.11. The second-order valence-electron chi connectivity index (χ2n) is 7.80. The lowest BCUT2D eigenvalue weighted by Crippen LogP contribution is -2.48. The molecule has 2 fully saturated rings. The molecule has 0 unspecified atom stereocenters. The number of piperidine rings is 1. The van der Waals surface area contributed by atoms with Gasteiger partial charge in [-0.15, -0.1) is 24.8 Å². The van der Waals surface area contributed by atoms with Gasteiger partial charge in [0.2, 0.25) is 5.91 Å². The lowest BCUT2D eigenvalue weighted by Gasteiger charge is -2.37. The summed E-state index contributed by atoms with van der Waals surface area (Å²) in [5.41, 5.74) is 2.64. The zero-order valence-corrected chi connectivity index (χ0v) is 18.9. The minimum absolute atomic E-state index is 0. The quantitative estimate of drug-likeness (QED) is 0.752. The molecule has 3 rings (SSSR count). The molecule has 2 aliphatic rings. The van der Waals surface area contributed by atoms with Gasteiger partial charge in [0.15, 0.2) is 0 Å². The standard InChI is InChI=1S/C21H34N4O.2ClH/c1-18-4-3-5-20(16-18)24-14-12-23(13-15-24)9-8-21(26)25-10-6-19(7-11-25)17-22-2;;/h3-5,16,19,22H,6-15,17H2,1-2H3;2*1H. The van der Waals surface area contributed by atoms with Crippen LogP contribution in [0, 0.1) is 12.8 Å². The first kappa shape index (κ1) is 25.0. The van der Waals surface area contributed by atoms with Crippen molar-refractivity contribution in [3.8, 4) is 0 Å². The maximum absolute atomic E-state index is 12.5. The van der Waals surface area contributed by atoms with Crippen LogP contribution in [0.1, 0.15) is 24.8 Å². The van der Waals surface area contributed by atoms with Crippen molar-refractivity contribution < 1.29 is 4.79 Å². The van der Waals surface area contributed by atoms with Crippen molar-refractivity contribution in [3.05, 3.63) is 29.8 Å². The maximum Gasteiger partial charge on any atom is 0.223 e. The third-order valence-electron chi connectivity index (χ3n) is 5.84. The van der Waals surface area contributed by atoms with E-state index < -0.39 is 0 Å². The van der Waals surface area contributed by atoms with Crippen LogP contribution in [0.5, 0.6) is 0 Å². The normalized spacial score (nSPS) is 18.4. The van der Waals surface area contributed by atoms with Gasteiger partial charge in [0, 0.05) is 57.9 Å². The van der Waals surface area contributed by atoms with E-state index in [1.807, 2.05) is 7.05 Å². The summed E-state index contributed by atoms with van der Waals surface area (Å²) in [6.45, 7) is 10.2. The van der Waals surface area contributed by atoms with Crippen LogP contribution in [0.25, 0.3) is 0 Å². The number of nitrogens with zero attached hydrogens (tertiary/aromatic N) is 3. The lowest BCUT2D eigenvalue weighted by atomic mass is 9.96. The first-order valence-electron chi connectivity index (χ1n) is 10.1. The Morgan fingerprint density at radius 1 is 1.07 bits per heavy atom. The molecule has 0 aliphatic carbocycles. The number of benzene rings is 1. The van der Waals surface area contributed by atoms with E-state index >= 15 is 0 Å². The monoisotopic (exact) mass is 430 g/mol. The summed E-state index contributed by atoms with van der Waals surface area (Å²) in [6.07, 6.45) is 2.95. The van der Waals surface area contributed by atoms with Crippen molar-refractivity contribution in [1.82, 2.24) is 15.1 Å². The fourth-order valence-corrected chi connectivity index (χ4v) is 4.14. The van der Waals surface area contributed by atoms with Crippen molar-refractivity contribution in [3.63, 3.8) is 0 Å². The van der Waals surface area contributed by atoms with E-state index in [0.717, 1.165) is 71.1 Å². The van der Waals surface area contributed by atoms with Crippen LogP contribution in [-0.4, -0.2) is 75.1 Å². The molecule has 1 amide bonds. The molecule has 2 aliphatic heterocycles. The van der Waals surface area contributed by atoms with Gasteiger partial charge in [0.25, 0.3) is 0 Å². The molecule has 2 heterocycles. The van der Waals surface area contributed by atoms with E-state index in [-0.39, 0.29) is 24.8 Å². The maximum atomic E-state index is 12.5. The number of hydrogen-bond acceptors (Lipinski definition) is 4. The summed E-state index contributed by atoms with van der Waals surface area (Å²) in [7, 11) is 2.01. The minimum Gasteiger partial charge on any atom is -0.369 e. The van der Waals surface area contributed by atoms with Crippen molar-refractivity contribution >= 4 is 36.4 Å². The van der Waals surface area contributed by atoms with Crippen LogP contribution in [0.2, 0.25) is 0 Å². The molecule has 1 aromatic rings. The van der Waals surface area contributed by atoms with Crippen molar-refractivity contribution in [2.75, 3.05) is 64.3 Å². The molecule has 0 radical (unpaired) electrons. The molecule has 160 valence electrons. The number of carbonyl (C=O) groups excluding carboxylic acids is 1. The number of piperazine rings is 1. The van der Waals surface area contributed by atoms with Gasteiger partial charge in [-0.2, -0.15) is 0 Å². The first-order valence-corrected chi connectivity index (χ1v) is 10.1. The molecular weight excluding hydrogens is 395 g/mol. The summed E-state index contributed by atoms with van der Waals surface area (Å²) in [5.74, 6) is 1.08. The average Bonchev–Trinajstić information content (AvgIpc) is 2.67. The molecule has 2 saturated heterocycles. The van der Waals surface area contributed by atoms with E-state index in [2.05, 4.69) is 51.2 Å². The van der Waals surface area contributed by atoms with Crippen LogP contribution in [0.15, 0.2) is 24.3 Å². The Bertz CT molecular complexity index is 586. The molecular formula is C21H36Cl2N4O. The first-order chi connectivity index (χ1) is 12.7. The van der Waals surface area contributed by atoms with E-state index in [1.165, 1.54) is 11.3 Å². The number of halogens is 2. The predicted octanol–water partition coefficient (Wildman–Crippen LogP) is 2.81. The minimum atomic E-state index is 0. The van der Waals surface area contributed by atoms with Crippen molar-refractivity contribution in [2.24, 2.45) is 5.92 Å². The molecule has 28 heavy (non-hydrogen) atoms. The number of anilines is 1. The summed E-state index contributed by atoms with van der Waals surface area (Å²) in [5, 5.41) is 3.25. The number of hydrogen-bond donors (Lipinski definition) is 1. The Labute approximate surface area is 182 Å². The lowest BCUT2D eigenvalue weighted by molar-refractivity contribution is -0.132. The van der Waals surface area contributed by atoms with Gasteiger partial charge in [-0.1, -0.05) is 12.1 Å². The Balaban J connectivity index is 0.00000196. The van der Waals surface area contributed by atoms with Crippen LogP contribution in [0.4, 0.5) is 5.69 Å². The molecule has 0 saturated carbocycles. The van der Waals surface area contributed by atoms with Gasteiger partial charge in [-0.05, 0) is 57.0 Å². The largest absolute Gasteiger partial charge is 0.369 e. The summed E-state index contributed by atoms with van der Waals surface area (Å²) < 4.78 is 0. The molecule has 1 aromatic carbocycles. The highest BCUT2D eigenvalue weighted by Crippen LogP contribution is 2.19. The zero-order chi connectivity index (χ0) is 18.4. The van der Waals surface area contributed by atoms with E-state index in [9.17, 15) is 4.79 Å². The summed E-state index contributed by atoms with van der Waals surface area (Å²) >= 11 is 0. The molecule has 0 spiro atoms. The van der Waals surface area contributed by atoms with Crippen LogP contribution < -0.4 is 10.2 Å². The van der Waals surface area contributed by atoms with Gasteiger partial charge < -0.3 is 15.1 Å². The van der Waals surface area contributed by atoms with Crippen LogP contribution in [0.3, 0.4) is 0 Å². The third-order valence-corrected chi connectivity index (χ3v) is 5.84. The second kappa shape index (κ2) is 12.5. The van der Waals surface area contributed by atoms with Crippen LogP contribution >= 0.6 is 24.8 Å². The fraction of sp³-hybridized carbons (Fsp3) is 0.667. The van der Waals surface area contributed by atoms with Gasteiger partial charge in [-0.25, -0.2) is 0 Å². The highest BCUT2D eigenvalue weighted by atomic mass is 35.5. The predicted molar refractivity (Wildman–Crippen MR) is 122 cm³/mol. The van der Waals surface area contributed by atoms with Crippen molar-refractivity contribution in [2.45, 2.75) is 26.2 Å². The molecule has 0 aromatic heterocycles. The van der Waals surface area contributed by atoms with Gasteiger partial charge >= 0.3 is 0 Å². The van der Waals surface area contributed by atoms with E-state index in [1.54, 1.807) is 0 Å². The Hall–Kier alpha value is -1.01. The topological polar surface area (TPSA) is 38.8 Å². The summed E-state index contributed by atoms with van der Waals surface area (Å²) in [4.78, 5) is 19.5. The van der Waals surface area contributed by atoms with E-state index in [0.29, 0.717) is 12.3 Å². The second-order valence-corrected chi connectivity index (χ2v) is 7.80. The Morgan fingerprint density at radius 2 is 1.75 bits per heavy atom. The number of nitrogens with one attached hydrogen (secondary N) is 1. The fourth-order valence-electron chi connectivity index (χ4n) is 4.14. The number of aryl methyl sites for hydroxylation is 1. The Morgan fingerprint density at radius 3 is 2.36 bits per heavy atom. The van der Waals surface area contributed by atoms with Gasteiger partial charge in [-0.3, -0.25) is 9.69 Å². The molecule has 0 atom stereocenters. The van der Waals surface area contributed by atoms with Crippen LogP contribution in [-0.2, 0) is 4.79 Å². The molecule has 5 nitrogen and oxygen atoms in total. The number of likely N-dealkylation sites (tertiary alicyclic amines) is 1. The van der Waals surface area contributed by atoms with Gasteiger partial charge in [0.05, 0.1) is 0 Å².